The highest BCUT2D eigenvalue weighted by molar-refractivity contribution is 5.90. The van der Waals surface area contributed by atoms with Gasteiger partial charge in [-0.05, 0) is 49.1 Å². The minimum Gasteiger partial charge on any atom is -0.493 e. The normalized spacial score (nSPS) is 13.9. The Morgan fingerprint density at radius 1 is 1.17 bits per heavy atom. The number of nitrogens with one attached hydrogen (secondary N) is 1. The van der Waals surface area contributed by atoms with Crippen molar-refractivity contribution in [2.24, 2.45) is 0 Å². The number of alkyl halides is 3. The second-order valence-electron chi connectivity index (χ2n) is 7.03. The molecule has 0 atom stereocenters. The van der Waals surface area contributed by atoms with Crippen LogP contribution in [-0.4, -0.2) is 43.9 Å². The van der Waals surface area contributed by atoms with Crippen LogP contribution >= 0.6 is 0 Å². The number of carbonyl (C=O) groups excluding carboxylic acids is 1. The van der Waals surface area contributed by atoms with Crippen molar-refractivity contribution in [3.8, 4) is 11.5 Å². The SMILES string of the molecule is COc1cc(CCC(=O)Nc2ccc(N3CCCC3)cn2)ccc1OCC(F)(F)F. The Morgan fingerprint density at radius 3 is 2.57 bits per heavy atom. The van der Waals surface area contributed by atoms with Crippen LogP contribution in [0.25, 0.3) is 0 Å². The molecule has 1 aliphatic rings. The molecule has 1 aromatic heterocycles. The number of aromatic nitrogens is 1. The van der Waals surface area contributed by atoms with Gasteiger partial charge in [0, 0.05) is 19.5 Å². The summed E-state index contributed by atoms with van der Waals surface area (Å²) in [6.45, 7) is 0.655. The number of hydrogen-bond acceptors (Lipinski definition) is 5. The summed E-state index contributed by atoms with van der Waals surface area (Å²) < 4.78 is 46.8. The summed E-state index contributed by atoms with van der Waals surface area (Å²) in [6.07, 6.45) is 0.278. The van der Waals surface area contributed by atoms with Crippen molar-refractivity contribution in [2.75, 3.05) is 37.0 Å². The molecule has 1 amide bonds. The fourth-order valence-electron chi connectivity index (χ4n) is 3.23. The lowest BCUT2D eigenvalue weighted by atomic mass is 10.1. The molecule has 0 unspecified atom stereocenters. The van der Waals surface area contributed by atoms with Gasteiger partial charge in [-0.25, -0.2) is 4.98 Å². The maximum atomic E-state index is 12.3. The first-order chi connectivity index (χ1) is 14.3. The molecule has 1 saturated heterocycles. The minimum absolute atomic E-state index is 0.00492. The van der Waals surface area contributed by atoms with Gasteiger partial charge in [0.25, 0.3) is 0 Å². The van der Waals surface area contributed by atoms with E-state index in [1.807, 2.05) is 6.07 Å². The number of anilines is 2. The number of hydrogen-bond donors (Lipinski definition) is 1. The highest BCUT2D eigenvalue weighted by Gasteiger charge is 2.29. The number of pyridine rings is 1. The molecule has 0 saturated carbocycles. The fourth-order valence-corrected chi connectivity index (χ4v) is 3.23. The van der Waals surface area contributed by atoms with Crippen LogP contribution in [0.2, 0.25) is 0 Å². The topological polar surface area (TPSA) is 63.7 Å². The average molecular weight is 423 g/mol. The molecular formula is C21H24F3N3O3. The fraction of sp³-hybridized carbons (Fsp3) is 0.429. The largest absolute Gasteiger partial charge is 0.493 e. The molecule has 1 aliphatic heterocycles. The highest BCUT2D eigenvalue weighted by Crippen LogP contribution is 2.30. The Hall–Kier alpha value is -2.97. The third-order valence-corrected chi connectivity index (χ3v) is 4.75. The molecule has 2 heterocycles. The molecule has 9 heteroatoms. The molecule has 0 aliphatic carbocycles. The van der Waals surface area contributed by atoms with E-state index in [9.17, 15) is 18.0 Å². The molecule has 30 heavy (non-hydrogen) atoms. The number of rotatable bonds is 8. The van der Waals surface area contributed by atoms with Crippen LogP contribution in [0.1, 0.15) is 24.8 Å². The van der Waals surface area contributed by atoms with Crippen molar-refractivity contribution in [3.05, 3.63) is 42.1 Å². The third kappa shape index (κ3) is 6.27. The number of carbonyl (C=O) groups is 1. The van der Waals surface area contributed by atoms with Crippen molar-refractivity contribution < 1.29 is 27.4 Å². The number of amides is 1. The summed E-state index contributed by atoms with van der Waals surface area (Å²) in [6, 6.07) is 8.32. The van der Waals surface area contributed by atoms with Gasteiger partial charge in [-0.15, -0.1) is 0 Å². The van der Waals surface area contributed by atoms with Gasteiger partial charge >= 0.3 is 6.18 Å². The zero-order valence-electron chi connectivity index (χ0n) is 16.7. The average Bonchev–Trinajstić information content (AvgIpc) is 3.26. The smallest absolute Gasteiger partial charge is 0.422 e. The molecule has 1 aromatic carbocycles. The number of halogens is 3. The zero-order valence-corrected chi connectivity index (χ0v) is 16.7. The number of methoxy groups -OCH3 is 1. The van der Waals surface area contributed by atoms with Crippen molar-refractivity contribution in [2.45, 2.75) is 31.9 Å². The Bertz CT molecular complexity index is 851. The van der Waals surface area contributed by atoms with Crippen LogP contribution in [0.15, 0.2) is 36.5 Å². The zero-order chi connectivity index (χ0) is 21.6. The summed E-state index contributed by atoms with van der Waals surface area (Å²) >= 11 is 0. The molecule has 162 valence electrons. The second kappa shape index (κ2) is 9.69. The molecule has 0 spiro atoms. The molecule has 1 fully saturated rings. The van der Waals surface area contributed by atoms with Crippen LogP contribution < -0.4 is 19.7 Å². The lowest BCUT2D eigenvalue weighted by Crippen LogP contribution is -2.19. The van der Waals surface area contributed by atoms with Gasteiger partial charge in [0.05, 0.1) is 19.0 Å². The van der Waals surface area contributed by atoms with E-state index in [4.69, 9.17) is 9.47 Å². The molecule has 6 nitrogen and oxygen atoms in total. The highest BCUT2D eigenvalue weighted by atomic mass is 19.4. The molecule has 1 N–H and O–H groups in total. The number of aryl methyl sites for hydroxylation is 1. The first-order valence-corrected chi connectivity index (χ1v) is 9.71. The van der Waals surface area contributed by atoms with Gasteiger partial charge in [-0.2, -0.15) is 13.2 Å². The summed E-state index contributed by atoms with van der Waals surface area (Å²) in [4.78, 5) is 18.8. The van der Waals surface area contributed by atoms with Crippen LogP contribution in [0.3, 0.4) is 0 Å². The van der Waals surface area contributed by atoms with Gasteiger partial charge in [0.2, 0.25) is 5.91 Å². The summed E-state index contributed by atoms with van der Waals surface area (Å²) in [5.74, 6) is 0.478. The lowest BCUT2D eigenvalue weighted by molar-refractivity contribution is -0.153. The van der Waals surface area contributed by atoms with E-state index in [1.54, 1.807) is 24.4 Å². The van der Waals surface area contributed by atoms with E-state index in [0.717, 1.165) is 24.3 Å². The predicted molar refractivity (Wildman–Crippen MR) is 107 cm³/mol. The Morgan fingerprint density at radius 2 is 1.93 bits per heavy atom. The van der Waals surface area contributed by atoms with Crippen molar-refractivity contribution in [1.82, 2.24) is 4.98 Å². The van der Waals surface area contributed by atoms with E-state index < -0.39 is 12.8 Å². The van der Waals surface area contributed by atoms with Crippen LogP contribution in [0.4, 0.5) is 24.7 Å². The monoisotopic (exact) mass is 423 g/mol. The Kier molecular flexibility index (Phi) is 7.02. The van der Waals surface area contributed by atoms with E-state index in [1.165, 1.54) is 26.0 Å². The maximum Gasteiger partial charge on any atom is 0.422 e. The van der Waals surface area contributed by atoms with Crippen LogP contribution in [0, 0.1) is 0 Å². The first-order valence-electron chi connectivity index (χ1n) is 9.71. The molecule has 3 rings (SSSR count). The minimum atomic E-state index is -4.43. The molecule has 0 bridgehead atoms. The van der Waals surface area contributed by atoms with Crippen LogP contribution in [-0.2, 0) is 11.2 Å². The molecule has 0 radical (unpaired) electrons. The summed E-state index contributed by atoms with van der Waals surface area (Å²) in [7, 11) is 1.35. The van der Waals surface area contributed by atoms with E-state index in [2.05, 4.69) is 15.2 Å². The molecule has 2 aromatic rings. The van der Waals surface area contributed by atoms with Crippen molar-refractivity contribution in [3.63, 3.8) is 0 Å². The van der Waals surface area contributed by atoms with Gasteiger partial charge in [0.1, 0.15) is 5.82 Å². The molecular weight excluding hydrogens is 399 g/mol. The van der Waals surface area contributed by atoms with Crippen molar-refractivity contribution >= 4 is 17.4 Å². The Labute approximate surface area is 173 Å². The van der Waals surface area contributed by atoms with E-state index >= 15 is 0 Å². The maximum absolute atomic E-state index is 12.3. The summed E-state index contributed by atoms with van der Waals surface area (Å²) in [5, 5.41) is 2.76. The second-order valence-corrected chi connectivity index (χ2v) is 7.03. The van der Waals surface area contributed by atoms with Crippen LogP contribution in [0.5, 0.6) is 11.5 Å². The standard InChI is InChI=1S/C21H24F3N3O3/c1-29-18-12-15(4-7-17(18)30-14-21(22,23)24)5-9-20(28)26-19-8-6-16(13-25-19)27-10-2-3-11-27/h4,6-8,12-13H,2-3,5,9-11,14H2,1H3,(H,25,26,28). The van der Waals surface area contributed by atoms with E-state index in [0.29, 0.717) is 12.2 Å². The van der Waals surface area contributed by atoms with Crippen molar-refractivity contribution in [1.29, 1.82) is 0 Å². The Balaban J connectivity index is 1.51. The summed E-state index contributed by atoms with van der Waals surface area (Å²) in [5.41, 5.74) is 1.80. The predicted octanol–water partition coefficient (Wildman–Crippen LogP) is 4.20. The quantitative estimate of drug-likeness (QED) is 0.690. The first kappa shape index (κ1) is 21.7. The van der Waals surface area contributed by atoms with Gasteiger partial charge in [-0.1, -0.05) is 6.07 Å². The van der Waals surface area contributed by atoms with Gasteiger partial charge in [0.15, 0.2) is 18.1 Å². The van der Waals surface area contributed by atoms with Gasteiger partial charge < -0.3 is 19.7 Å². The van der Waals surface area contributed by atoms with E-state index in [-0.39, 0.29) is 23.8 Å². The number of ether oxygens (including phenoxy) is 2. The third-order valence-electron chi connectivity index (χ3n) is 4.75. The number of nitrogens with zero attached hydrogens (tertiary/aromatic N) is 2. The number of benzene rings is 1. The van der Waals surface area contributed by atoms with Gasteiger partial charge in [-0.3, -0.25) is 4.79 Å². The lowest BCUT2D eigenvalue weighted by Gasteiger charge is -2.17.